The highest BCUT2D eigenvalue weighted by Gasteiger charge is 2.19. The average molecular weight is 396 g/mol. The lowest BCUT2D eigenvalue weighted by Crippen LogP contribution is -2.31. The van der Waals surface area contributed by atoms with Crippen LogP contribution in [0.3, 0.4) is 0 Å². The summed E-state index contributed by atoms with van der Waals surface area (Å²) in [5.74, 6) is 0.806. The van der Waals surface area contributed by atoms with Crippen LogP contribution in [-0.4, -0.2) is 29.7 Å². The highest BCUT2D eigenvalue weighted by Crippen LogP contribution is 2.23. The van der Waals surface area contributed by atoms with Crippen LogP contribution < -0.4 is 14.8 Å². The predicted molar refractivity (Wildman–Crippen MR) is 104 cm³/mol. The number of esters is 1. The normalized spacial score (nSPS) is 11.4. The van der Waals surface area contributed by atoms with Crippen molar-refractivity contribution in [3.63, 3.8) is 0 Å². The van der Waals surface area contributed by atoms with Crippen LogP contribution in [0.15, 0.2) is 65.2 Å². The predicted octanol–water partition coefficient (Wildman–Crippen LogP) is 3.72. The number of benzene rings is 2. The minimum atomic E-state index is -1.02. The minimum absolute atomic E-state index is 0.185. The Morgan fingerprint density at radius 2 is 1.69 bits per heavy atom. The van der Waals surface area contributed by atoms with E-state index >= 15 is 0 Å². The Morgan fingerprint density at radius 1 is 1.03 bits per heavy atom. The monoisotopic (exact) mass is 396 g/mol. The van der Waals surface area contributed by atoms with Gasteiger partial charge in [-0.3, -0.25) is 10.1 Å². The maximum Gasteiger partial charge on any atom is 0.344 e. The fourth-order valence-electron chi connectivity index (χ4n) is 2.30. The van der Waals surface area contributed by atoms with E-state index in [9.17, 15) is 9.59 Å². The smallest absolute Gasteiger partial charge is 0.344 e. The number of hydrogen-bond donors (Lipinski definition) is 1. The second kappa shape index (κ2) is 9.41. The molecule has 1 amide bonds. The van der Waals surface area contributed by atoms with Crippen molar-refractivity contribution >= 4 is 17.8 Å². The first-order valence-electron chi connectivity index (χ1n) is 8.89. The molecule has 150 valence electrons. The van der Waals surface area contributed by atoms with E-state index in [-0.39, 0.29) is 12.5 Å². The molecule has 29 heavy (non-hydrogen) atoms. The highest BCUT2D eigenvalue weighted by molar-refractivity contribution is 5.94. The Labute approximate surface area is 167 Å². The van der Waals surface area contributed by atoms with Gasteiger partial charge in [-0.1, -0.05) is 23.4 Å². The molecule has 8 heteroatoms. The molecule has 0 saturated heterocycles. The van der Waals surface area contributed by atoms with Crippen molar-refractivity contribution in [2.75, 3.05) is 11.9 Å². The number of carbonyl (C=O) groups is 2. The van der Waals surface area contributed by atoms with Gasteiger partial charge in [0.1, 0.15) is 17.2 Å². The van der Waals surface area contributed by atoms with E-state index in [2.05, 4.69) is 10.5 Å². The summed E-state index contributed by atoms with van der Waals surface area (Å²) in [5.41, 5.74) is 0.624. The van der Waals surface area contributed by atoms with Crippen LogP contribution in [-0.2, 0) is 14.3 Å². The molecule has 1 atom stereocenters. The lowest BCUT2D eigenvalue weighted by atomic mass is 10.3. The Hall–Kier alpha value is -3.81. The number of ether oxygens (including phenoxy) is 3. The van der Waals surface area contributed by atoms with Crippen molar-refractivity contribution < 1.29 is 28.3 Å². The van der Waals surface area contributed by atoms with Crippen molar-refractivity contribution in [1.82, 2.24) is 5.16 Å². The third-order valence-corrected chi connectivity index (χ3v) is 3.71. The minimum Gasteiger partial charge on any atom is -0.482 e. The van der Waals surface area contributed by atoms with Gasteiger partial charge in [0.05, 0.1) is 5.69 Å². The first-order valence-corrected chi connectivity index (χ1v) is 8.89. The molecule has 1 aromatic heterocycles. The van der Waals surface area contributed by atoms with E-state index in [4.69, 9.17) is 18.7 Å². The fraction of sp³-hybridized carbons (Fsp3) is 0.190. The average Bonchev–Trinajstić information content (AvgIpc) is 3.12. The largest absolute Gasteiger partial charge is 0.482 e. The van der Waals surface area contributed by atoms with Gasteiger partial charge in [-0.05, 0) is 50.2 Å². The van der Waals surface area contributed by atoms with Gasteiger partial charge in [-0.15, -0.1) is 0 Å². The molecule has 1 unspecified atom stereocenters. The highest BCUT2D eigenvalue weighted by atomic mass is 16.6. The molecule has 0 aliphatic carbocycles. The third kappa shape index (κ3) is 6.10. The summed E-state index contributed by atoms with van der Waals surface area (Å²) >= 11 is 0. The van der Waals surface area contributed by atoms with Crippen LogP contribution in [0.2, 0.25) is 0 Å². The summed E-state index contributed by atoms with van der Waals surface area (Å²) in [6.07, 6.45) is -1.02. The number of amides is 1. The maximum absolute atomic E-state index is 12.0. The van der Waals surface area contributed by atoms with Crippen LogP contribution >= 0.6 is 0 Å². The van der Waals surface area contributed by atoms with Gasteiger partial charge in [0, 0.05) is 6.07 Å². The zero-order chi connectivity index (χ0) is 20.6. The summed E-state index contributed by atoms with van der Waals surface area (Å²) in [4.78, 5) is 23.9. The summed E-state index contributed by atoms with van der Waals surface area (Å²) in [7, 11) is 0. The zero-order valence-electron chi connectivity index (χ0n) is 16.0. The van der Waals surface area contributed by atoms with E-state index in [0.717, 1.165) is 5.75 Å². The molecule has 0 bridgehead atoms. The number of carbonyl (C=O) groups excluding carboxylic acids is 2. The Balaban J connectivity index is 1.43. The number of anilines is 1. The molecular weight excluding hydrogens is 376 g/mol. The molecule has 0 radical (unpaired) electrons. The summed E-state index contributed by atoms with van der Waals surface area (Å²) in [5, 5.41) is 6.12. The molecule has 3 aromatic rings. The van der Waals surface area contributed by atoms with Crippen molar-refractivity contribution in [3.8, 4) is 17.2 Å². The molecule has 8 nitrogen and oxygen atoms in total. The number of para-hydroxylation sites is 1. The van der Waals surface area contributed by atoms with E-state index in [1.165, 1.54) is 6.92 Å². The van der Waals surface area contributed by atoms with Gasteiger partial charge in [-0.2, -0.15) is 0 Å². The standard InChI is InChI=1S/C21H20N2O6/c1-14-12-19(29-23-14)22-21(25)15(2)27-20(24)13-26-16-8-10-18(11-9-16)28-17-6-4-3-5-7-17/h3-12,15H,13H2,1-2H3,(H,22,25). The van der Waals surface area contributed by atoms with Gasteiger partial charge >= 0.3 is 5.97 Å². The molecule has 0 fully saturated rings. The molecule has 1 heterocycles. The lowest BCUT2D eigenvalue weighted by molar-refractivity contribution is -0.155. The molecule has 0 spiro atoms. The number of rotatable bonds is 8. The second-order valence-corrected chi connectivity index (χ2v) is 6.13. The number of hydrogen-bond acceptors (Lipinski definition) is 7. The van der Waals surface area contributed by atoms with Crippen molar-refractivity contribution in [1.29, 1.82) is 0 Å². The first-order chi connectivity index (χ1) is 14.0. The summed E-state index contributed by atoms with van der Waals surface area (Å²) in [6.45, 7) is 2.84. The van der Waals surface area contributed by atoms with Crippen LogP contribution in [0.1, 0.15) is 12.6 Å². The van der Waals surface area contributed by atoms with Crippen LogP contribution in [0.25, 0.3) is 0 Å². The molecular formula is C21H20N2O6. The fourth-order valence-corrected chi connectivity index (χ4v) is 2.30. The van der Waals surface area contributed by atoms with E-state index in [0.29, 0.717) is 17.2 Å². The lowest BCUT2D eigenvalue weighted by Gasteiger charge is -2.13. The third-order valence-electron chi connectivity index (χ3n) is 3.71. The van der Waals surface area contributed by atoms with Crippen molar-refractivity contribution in [3.05, 3.63) is 66.4 Å². The van der Waals surface area contributed by atoms with E-state index < -0.39 is 18.0 Å². The number of aromatic nitrogens is 1. The van der Waals surface area contributed by atoms with Gasteiger partial charge in [-0.25, -0.2) is 4.79 Å². The van der Waals surface area contributed by atoms with Gasteiger partial charge in [0.25, 0.3) is 5.91 Å². The molecule has 0 saturated carbocycles. The van der Waals surface area contributed by atoms with Gasteiger partial charge in [0.15, 0.2) is 12.7 Å². The van der Waals surface area contributed by atoms with Gasteiger partial charge < -0.3 is 18.7 Å². The summed E-state index contributed by atoms with van der Waals surface area (Å²) in [6, 6.07) is 17.7. The summed E-state index contributed by atoms with van der Waals surface area (Å²) < 4.78 is 21.0. The van der Waals surface area contributed by atoms with Crippen LogP contribution in [0, 0.1) is 6.92 Å². The quantitative estimate of drug-likeness (QED) is 0.579. The Kier molecular flexibility index (Phi) is 6.47. The van der Waals surface area contributed by atoms with Crippen molar-refractivity contribution in [2.24, 2.45) is 0 Å². The first kappa shape index (κ1) is 19.9. The van der Waals surface area contributed by atoms with Crippen molar-refractivity contribution in [2.45, 2.75) is 20.0 Å². The van der Waals surface area contributed by atoms with Crippen LogP contribution in [0.5, 0.6) is 17.2 Å². The topological polar surface area (TPSA) is 99.9 Å². The Morgan fingerprint density at radius 3 is 2.34 bits per heavy atom. The molecule has 2 aromatic carbocycles. The zero-order valence-corrected chi connectivity index (χ0v) is 16.0. The van der Waals surface area contributed by atoms with Gasteiger partial charge in [0.2, 0.25) is 5.88 Å². The number of nitrogens with one attached hydrogen (secondary N) is 1. The number of aryl methyl sites for hydroxylation is 1. The maximum atomic E-state index is 12.0. The number of nitrogens with zero attached hydrogens (tertiary/aromatic N) is 1. The Bertz CT molecular complexity index is 953. The SMILES string of the molecule is Cc1cc(NC(=O)C(C)OC(=O)COc2ccc(Oc3ccccc3)cc2)on1. The molecule has 0 aliphatic heterocycles. The molecule has 0 aliphatic rings. The molecule has 3 rings (SSSR count). The van der Waals surface area contributed by atoms with Crippen LogP contribution in [0.4, 0.5) is 5.88 Å². The molecule has 1 N–H and O–H groups in total. The second-order valence-electron chi connectivity index (χ2n) is 6.13. The van der Waals surface area contributed by atoms with E-state index in [1.54, 1.807) is 37.3 Å². The van der Waals surface area contributed by atoms with E-state index in [1.807, 2.05) is 30.3 Å².